The highest BCUT2D eigenvalue weighted by Crippen LogP contribution is 2.47. The summed E-state index contributed by atoms with van der Waals surface area (Å²) in [5.74, 6) is 1.21. The van der Waals surface area contributed by atoms with Crippen LogP contribution in [0.3, 0.4) is 0 Å². The second-order valence-corrected chi connectivity index (χ2v) is 7.56. The SMILES string of the molecule is CN=C(NCc1ccc(-n2ccnc2C)c(F)c1)NCC1(c2ccccc2)CC1.I. The average molecular weight is 519 g/mol. The van der Waals surface area contributed by atoms with Crippen molar-refractivity contribution < 1.29 is 4.39 Å². The predicted octanol–water partition coefficient (Wildman–Crippen LogP) is 4.33. The predicted molar refractivity (Wildman–Crippen MR) is 129 cm³/mol. The van der Waals surface area contributed by atoms with Gasteiger partial charge < -0.3 is 15.2 Å². The topological polar surface area (TPSA) is 54.2 Å². The normalized spacial score (nSPS) is 14.7. The number of nitrogens with zero attached hydrogens (tertiary/aromatic N) is 3. The summed E-state index contributed by atoms with van der Waals surface area (Å²) in [6, 6.07) is 15.9. The van der Waals surface area contributed by atoms with E-state index in [1.165, 1.54) is 18.4 Å². The number of benzene rings is 2. The zero-order valence-corrected chi connectivity index (χ0v) is 19.6. The summed E-state index contributed by atoms with van der Waals surface area (Å²) >= 11 is 0. The first-order valence-electron chi connectivity index (χ1n) is 9.90. The Morgan fingerprint density at radius 1 is 1.17 bits per heavy atom. The largest absolute Gasteiger partial charge is 0.356 e. The van der Waals surface area contributed by atoms with E-state index in [0.717, 1.165) is 23.9 Å². The molecule has 4 rings (SSSR count). The van der Waals surface area contributed by atoms with Crippen molar-refractivity contribution in [3.8, 4) is 5.69 Å². The van der Waals surface area contributed by atoms with Crippen LogP contribution in [0.4, 0.5) is 4.39 Å². The first kappa shape index (κ1) is 22.3. The number of guanidine groups is 1. The quantitative estimate of drug-likeness (QED) is 0.290. The molecule has 1 aliphatic carbocycles. The van der Waals surface area contributed by atoms with Crippen molar-refractivity contribution >= 4 is 29.9 Å². The number of hydrogen-bond donors (Lipinski definition) is 2. The molecule has 158 valence electrons. The molecule has 0 spiro atoms. The fourth-order valence-corrected chi connectivity index (χ4v) is 3.66. The van der Waals surface area contributed by atoms with Gasteiger partial charge in [0, 0.05) is 37.9 Å². The molecule has 3 aromatic rings. The van der Waals surface area contributed by atoms with E-state index in [9.17, 15) is 4.39 Å². The van der Waals surface area contributed by atoms with Crippen LogP contribution in [0.15, 0.2) is 65.9 Å². The Hall–Kier alpha value is -2.42. The number of imidazole rings is 1. The number of rotatable bonds is 6. The summed E-state index contributed by atoms with van der Waals surface area (Å²) < 4.78 is 16.3. The third-order valence-electron chi connectivity index (χ3n) is 5.61. The summed E-state index contributed by atoms with van der Waals surface area (Å²) in [5, 5.41) is 6.71. The van der Waals surface area contributed by atoms with Crippen molar-refractivity contribution in [3.05, 3.63) is 83.7 Å². The molecule has 0 amide bonds. The van der Waals surface area contributed by atoms with Crippen LogP contribution in [-0.4, -0.2) is 29.1 Å². The zero-order valence-electron chi connectivity index (χ0n) is 17.2. The van der Waals surface area contributed by atoms with Gasteiger partial charge in [-0.05, 0) is 43.0 Å². The Kier molecular flexibility index (Phi) is 7.12. The lowest BCUT2D eigenvalue weighted by molar-refractivity contribution is 0.612. The van der Waals surface area contributed by atoms with Gasteiger partial charge in [-0.2, -0.15) is 0 Å². The summed E-state index contributed by atoms with van der Waals surface area (Å²) in [7, 11) is 1.75. The maximum absolute atomic E-state index is 14.6. The molecule has 0 saturated heterocycles. The Labute approximate surface area is 193 Å². The van der Waals surface area contributed by atoms with Gasteiger partial charge in [0.2, 0.25) is 0 Å². The number of nitrogens with one attached hydrogen (secondary N) is 2. The van der Waals surface area contributed by atoms with Crippen LogP contribution >= 0.6 is 24.0 Å². The molecule has 2 N–H and O–H groups in total. The first-order valence-corrected chi connectivity index (χ1v) is 9.90. The smallest absolute Gasteiger partial charge is 0.191 e. The fourth-order valence-electron chi connectivity index (χ4n) is 3.66. The van der Waals surface area contributed by atoms with Crippen LogP contribution in [0.25, 0.3) is 5.69 Å². The zero-order chi connectivity index (χ0) is 20.3. The molecule has 30 heavy (non-hydrogen) atoms. The minimum absolute atomic E-state index is 0. The lowest BCUT2D eigenvalue weighted by Gasteiger charge is -2.19. The number of aryl methyl sites for hydroxylation is 1. The average Bonchev–Trinajstić information content (AvgIpc) is 3.43. The van der Waals surface area contributed by atoms with Crippen LogP contribution < -0.4 is 10.6 Å². The highest BCUT2D eigenvalue weighted by molar-refractivity contribution is 14.0. The van der Waals surface area contributed by atoms with Crippen molar-refractivity contribution in [2.45, 2.75) is 31.7 Å². The lowest BCUT2D eigenvalue weighted by Crippen LogP contribution is -2.40. The number of aromatic nitrogens is 2. The van der Waals surface area contributed by atoms with E-state index in [1.54, 1.807) is 36.1 Å². The monoisotopic (exact) mass is 519 g/mol. The minimum atomic E-state index is -0.269. The van der Waals surface area contributed by atoms with Crippen molar-refractivity contribution in [1.29, 1.82) is 0 Å². The molecule has 1 aromatic heterocycles. The first-order chi connectivity index (χ1) is 14.1. The molecule has 5 nitrogen and oxygen atoms in total. The molecule has 7 heteroatoms. The second-order valence-electron chi connectivity index (χ2n) is 7.56. The van der Waals surface area contributed by atoms with Crippen molar-refractivity contribution in [3.63, 3.8) is 0 Å². The molecule has 1 aliphatic rings. The van der Waals surface area contributed by atoms with Crippen molar-refractivity contribution in [2.24, 2.45) is 4.99 Å². The summed E-state index contributed by atoms with van der Waals surface area (Å²) in [6.45, 7) is 3.19. The van der Waals surface area contributed by atoms with Gasteiger partial charge in [0.1, 0.15) is 11.6 Å². The molecule has 1 fully saturated rings. The fraction of sp³-hybridized carbons (Fsp3) is 0.304. The number of hydrogen-bond acceptors (Lipinski definition) is 2. The van der Waals surface area contributed by atoms with E-state index in [4.69, 9.17) is 0 Å². The highest BCUT2D eigenvalue weighted by atomic mass is 127. The van der Waals surface area contributed by atoms with Crippen LogP contribution in [0.1, 0.15) is 29.8 Å². The van der Waals surface area contributed by atoms with Gasteiger partial charge in [-0.15, -0.1) is 24.0 Å². The Bertz CT molecular complexity index is 1010. The molecular formula is C23H27FIN5. The number of aliphatic imine (C=N–C) groups is 1. The Morgan fingerprint density at radius 3 is 2.53 bits per heavy atom. The summed E-state index contributed by atoms with van der Waals surface area (Å²) in [6.07, 6.45) is 5.79. The Balaban J connectivity index is 0.00000256. The Morgan fingerprint density at radius 2 is 1.93 bits per heavy atom. The molecule has 0 bridgehead atoms. The third kappa shape index (κ3) is 4.83. The maximum Gasteiger partial charge on any atom is 0.191 e. The van der Waals surface area contributed by atoms with Crippen molar-refractivity contribution in [2.75, 3.05) is 13.6 Å². The number of halogens is 2. The molecule has 0 aliphatic heterocycles. The van der Waals surface area contributed by atoms with Crippen LogP contribution in [0.2, 0.25) is 0 Å². The maximum atomic E-state index is 14.6. The molecule has 0 radical (unpaired) electrons. The van der Waals surface area contributed by atoms with Gasteiger partial charge in [-0.25, -0.2) is 9.37 Å². The van der Waals surface area contributed by atoms with E-state index in [2.05, 4.69) is 44.9 Å². The van der Waals surface area contributed by atoms with Crippen LogP contribution in [-0.2, 0) is 12.0 Å². The van der Waals surface area contributed by atoms with Crippen LogP contribution in [0, 0.1) is 12.7 Å². The van der Waals surface area contributed by atoms with Crippen LogP contribution in [0.5, 0.6) is 0 Å². The molecule has 0 atom stereocenters. The highest BCUT2D eigenvalue weighted by Gasteiger charge is 2.43. The van der Waals surface area contributed by atoms with Gasteiger partial charge in [0.25, 0.3) is 0 Å². The molecule has 1 saturated carbocycles. The van der Waals surface area contributed by atoms with E-state index < -0.39 is 0 Å². The standard InChI is InChI=1S/C23H26FN5.HI/c1-17-26-12-13-29(17)21-9-8-18(14-20(21)24)15-27-22(25-2)28-16-23(10-11-23)19-6-4-3-5-7-19;/h3-9,12-14H,10-11,15-16H2,1-2H3,(H2,25,27,28);1H. The summed E-state index contributed by atoms with van der Waals surface area (Å²) in [4.78, 5) is 8.46. The van der Waals surface area contributed by atoms with E-state index in [1.807, 2.05) is 19.1 Å². The van der Waals surface area contributed by atoms with Gasteiger partial charge in [-0.3, -0.25) is 4.99 Å². The van der Waals surface area contributed by atoms with Gasteiger partial charge >= 0.3 is 0 Å². The summed E-state index contributed by atoms with van der Waals surface area (Å²) in [5.41, 5.74) is 2.94. The molecular weight excluding hydrogens is 492 g/mol. The third-order valence-corrected chi connectivity index (χ3v) is 5.61. The van der Waals surface area contributed by atoms with E-state index in [0.29, 0.717) is 12.2 Å². The minimum Gasteiger partial charge on any atom is -0.356 e. The molecule has 2 aromatic carbocycles. The van der Waals surface area contributed by atoms with Gasteiger partial charge in [-0.1, -0.05) is 36.4 Å². The van der Waals surface area contributed by atoms with E-state index >= 15 is 0 Å². The second kappa shape index (κ2) is 9.59. The lowest BCUT2D eigenvalue weighted by atomic mass is 9.96. The van der Waals surface area contributed by atoms with E-state index in [-0.39, 0.29) is 35.2 Å². The molecule has 0 unspecified atom stereocenters. The van der Waals surface area contributed by atoms with Gasteiger partial charge in [0.05, 0.1) is 5.69 Å². The van der Waals surface area contributed by atoms with Crippen molar-refractivity contribution in [1.82, 2.24) is 20.2 Å². The van der Waals surface area contributed by atoms with Gasteiger partial charge in [0.15, 0.2) is 5.96 Å². The molecule has 1 heterocycles.